The molecule has 27 heavy (non-hydrogen) atoms. The van der Waals surface area contributed by atoms with E-state index in [1.807, 2.05) is 36.9 Å². The number of rotatable bonds is 8. The van der Waals surface area contributed by atoms with Crippen molar-refractivity contribution in [3.63, 3.8) is 0 Å². The zero-order chi connectivity index (χ0) is 18.8. The highest BCUT2D eigenvalue weighted by molar-refractivity contribution is 5.85. The molecular weight excluding hydrogens is 364 g/mol. The van der Waals surface area contributed by atoms with Gasteiger partial charge >= 0.3 is 0 Å². The first-order valence-electron chi connectivity index (χ1n) is 9.83. The summed E-state index contributed by atoms with van der Waals surface area (Å²) >= 11 is 0. The van der Waals surface area contributed by atoms with Crippen molar-refractivity contribution in [2.45, 2.75) is 58.5 Å². The molecule has 1 fully saturated rings. The van der Waals surface area contributed by atoms with E-state index in [0.717, 1.165) is 38.0 Å². The lowest BCUT2D eigenvalue weighted by Gasteiger charge is -2.31. The molecule has 0 aromatic carbocycles. The molecule has 1 aromatic heterocycles. The molecule has 1 aromatic rings. The molecule has 2 rings (SSSR count). The third-order valence-corrected chi connectivity index (χ3v) is 5.03. The Hall–Kier alpha value is -1.66. The average molecular weight is 397 g/mol. The monoisotopic (exact) mass is 396 g/mol. The first-order valence-corrected chi connectivity index (χ1v) is 9.83. The molecule has 6 nitrogen and oxygen atoms in total. The molecule has 1 N–H and O–H groups in total. The topological polar surface area (TPSA) is 65.5 Å². The normalized spacial score (nSPS) is 16.7. The van der Waals surface area contributed by atoms with Gasteiger partial charge in [-0.2, -0.15) is 0 Å². The van der Waals surface area contributed by atoms with E-state index in [4.69, 9.17) is 0 Å². The van der Waals surface area contributed by atoms with E-state index >= 15 is 0 Å². The molecule has 152 valence electrons. The van der Waals surface area contributed by atoms with Gasteiger partial charge in [-0.05, 0) is 58.3 Å². The highest BCUT2D eigenvalue weighted by Crippen LogP contribution is 2.18. The Morgan fingerprint density at radius 2 is 1.85 bits per heavy atom. The molecule has 7 heteroatoms. The summed E-state index contributed by atoms with van der Waals surface area (Å²) in [6.07, 6.45) is 5.32. The van der Waals surface area contributed by atoms with Crippen molar-refractivity contribution in [3.05, 3.63) is 30.1 Å². The van der Waals surface area contributed by atoms with Gasteiger partial charge in [-0.1, -0.05) is 6.07 Å². The molecule has 0 bridgehead atoms. The molecule has 1 aliphatic heterocycles. The van der Waals surface area contributed by atoms with E-state index in [0.29, 0.717) is 19.6 Å². The van der Waals surface area contributed by atoms with Crippen molar-refractivity contribution < 1.29 is 9.59 Å². The number of nitrogens with one attached hydrogen (secondary N) is 1. The SMILES string of the molecule is CCN(CC)C(=O)CCC(=O)N(Cc1ccccn1)C1CCCNCC1.Cl. The molecule has 0 spiro atoms. The van der Waals surface area contributed by atoms with Gasteiger partial charge in [0.05, 0.1) is 12.2 Å². The molecule has 2 heterocycles. The van der Waals surface area contributed by atoms with Crippen LogP contribution in [0.4, 0.5) is 0 Å². The van der Waals surface area contributed by atoms with Gasteiger partial charge in [0.2, 0.25) is 11.8 Å². The number of hydrogen-bond acceptors (Lipinski definition) is 4. The van der Waals surface area contributed by atoms with Crippen LogP contribution in [0.5, 0.6) is 0 Å². The highest BCUT2D eigenvalue weighted by atomic mass is 35.5. The third kappa shape index (κ3) is 7.46. The van der Waals surface area contributed by atoms with Gasteiger partial charge in [-0.15, -0.1) is 12.4 Å². The Kier molecular flexibility index (Phi) is 11.0. The lowest BCUT2D eigenvalue weighted by atomic mass is 10.1. The second-order valence-electron chi connectivity index (χ2n) is 6.74. The van der Waals surface area contributed by atoms with Gasteiger partial charge in [0.15, 0.2) is 0 Å². The summed E-state index contributed by atoms with van der Waals surface area (Å²) in [5, 5.41) is 3.40. The van der Waals surface area contributed by atoms with Crippen LogP contribution in [0.2, 0.25) is 0 Å². The Morgan fingerprint density at radius 1 is 1.11 bits per heavy atom. The number of carbonyl (C=O) groups excluding carboxylic acids is 2. The van der Waals surface area contributed by atoms with Gasteiger partial charge in [0.25, 0.3) is 0 Å². The Morgan fingerprint density at radius 3 is 2.52 bits per heavy atom. The van der Waals surface area contributed by atoms with E-state index in [1.54, 1.807) is 11.1 Å². The summed E-state index contributed by atoms with van der Waals surface area (Å²) in [6.45, 7) is 7.76. The van der Waals surface area contributed by atoms with Gasteiger partial charge in [0.1, 0.15) is 0 Å². The number of halogens is 1. The lowest BCUT2D eigenvalue weighted by molar-refractivity contribution is -0.139. The van der Waals surface area contributed by atoms with Crippen LogP contribution in [-0.2, 0) is 16.1 Å². The number of pyridine rings is 1. The maximum atomic E-state index is 13.0. The molecular formula is C20H33ClN4O2. The maximum Gasteiger partial charge on any atom is 0.223 e. The second-order valence-corrected chi connectivity index (χ2v) is 6.74. The van der Waals surface area contributed by atoms with Crippen LogP contribution in [0.15, 0.2) is 24.4 Å². The van der Waals surface area contributed by atoms with Crippen molar-refractivity contribution in [1.29, 1.82) is 0 Å². The molecule has 0 saturated carbocycles. The lowest BCUT2D eigenvalue weighted by Crippen LogP contribution is -2.41. The number of aromatic nitrogens is 1. The average Bonchev–Trinajstić information content (AvgIpc) is 2.95. The second kappa shape index (κ2) is 12.7. The highest BCUT2D eigenvalue weighted by Gasteiger charge is 2.25. The molecule has 1 atom stereocenters. The van der Waals surface area contributed by atoms with Gasteiger partial charge in [-0.3, -0.25) is 14.6 Å². The summed E-state index contributed by atoms with van der Waals surface area (Å²) in [7, 11) is 0. The van der Waals surface area contributed by atoms with Crippen molar-refractivity contribution in [3.8, 4) is 0 Å². The van der Waals surface area contributed by atoms with Crippen molar-refractivity contribution in [2.75, 3.05) is 26.2 Å². The Bertz CT molecular complexity index is 558. The van der Waals surface area contributed by atoms with Gasteiger partial charge in [-0.25, -0.2) is 0 Å². The molecule has 0 radical (unpaired) electrons. The zero-order valence-electron chi connectivity index (χ0n) is 16.5. The maximum absolute atomic E-state index is 13.0. The smallest absolute Gasteiger partial charge is 0.223 e. The van der Waals surface area contributed by atoms with Gasteiger partial charge in [0, 0.05) is 38.2 Å². The van der Waals surface area contributed by atoms with Crippen molar-refractivity contribution in [2.24, 2.45) is 0 Å². The minimum Gasteiger partial charge on any atom is -0.343 e. The first-order chi connectivity index (χ1) is 12.7. The third-order valence-electron chi connectivity index (χ3n) is 5.03. The molecule has 0 aliphatic carbocycles. The largest absolute Gasteiger partial charge is 0.343 e. The predicted molar refractivity (Wildman–Crippen MR) is 110 cm³/mol. The van der Waals surface area contributed by atoms with Crippen LogP contribution in [0, 0.1) is 0 Å². The number of carbonyl (C=O) groups is 2. The van der Waals surface area contributed by atoms with E-state index in [2.05, 4.69) is 10.3 Å². The zero-order valence-corrected chi connectivity index (χ0v) is 17.3. The van der Waals surface area contributed by atoms with Gasteiger partial charge < -0.3 is 15.1 Å². The summed E-state index contributed by atoms with van der Waals surface area (Å²) in [6, 6.07) is 6.00. The van der Waals surface area contributed by atoms with Crippen LogP contribution in [0.3, 0.4) is 0 Å². The molecule has 2 amide bonds. The van der Waals surface area contributed by atoms with Crippen LogP contribution >= 0.6 is 12.4 Å². The minimum atomic E-state index is 0. The fourth-order valence-electron chi connectivity index (χ4n) is 3.49. The number of hydrogen-bond donors (Lipinski definition) is 1. The quantitative estimate of drug-likeness (QED) is 0.733. The van der Waals surface area contributed by atoms with Crippen LogP contribution < -0.4 is 5.32 Å². The van der Waals surface area contributed by atoms with E-state index in [1.165, 1.54) is 0 Å². The fraction of sp³-hybridized carbons (Fsp3) is 0.650. The number of amides is 2. The number of nitrogens with zero attached hydrogens (tertiary/aromatic N) is 3. The first kappa shape index (κ1) is 23.4. The van der Waals surface area contributed by atoms with E-state index in [-0.39, 0.29) is 43.1 Å². The molecule has 1 aliphatic rings. The summed E-state index contributed by atoms with van der Waals surface area (Å²) in [4.78, 5) is 33.3. The Labute approximate surface area is 169 Å². The fourth-order valence-corrected chi connectivity index (χ4v) is 3.49. The molecule has 1 saturated heterocycles. The minimum absolute atomic E-state index is 0. The predicted octanol–water partition coefficient (Wildman–Crippen LogP) is 2.62. The molecule has 1 unspecified atom stereocenters. The summed E-state index contributed by atoms with van der Waals surface area (Å²) in [5.41, 5.74) is 0.896. The Balaban J connectivity index is 0.00000364. The van der Waals surface area contributed by atoms with E-state index in [9.17, 15) is 9.59 Å². The standard InChI is InChI=1S/C20H32N4O2.ClH/c1-3-23(4-2)19(25)10-11-20(26)24(16-17-8-5-6-14-22-17)18-9-7-13-21-15-12-18;/h5-6,8,14,18,21H,3-4,7,9-13,15-16H2,1-2H3;1H. The van der Waals surface area contributed by atoms with Crippen LogP contribution in [0.1, 0.15) is 51.6 Å². The van der Waals surface area contributed by atoms with Crippen LogP contribution in [0.25, 0.3) is 0 Å². The van der Waals surface area contributed by atoms with E-state index < -0.39 is 0 Å². The van der Waals surface area contributed by atoms with Crippen LogP contribution in [-0.4, -0.2) is 58.8 Å². The summed E-state index contributed by atoms with van der Waals surface area (Å²) in [5.74, 6) is 0.117. The van der Waals surface area contributed by atoms with Crippen molar-refractivity contribution in [1.82, 2.24) is 20.1 Å². The van der Waals surface area contributed by atoms with Crippen molar-refractivity contribution >= 4 is 24.2 Å². The summed E-state index contributed by atoms with van der Waals surface area (Å²) < 4.78 is 0.